The van der Waals surface area contributed by atoms with Crippen molar-refractivity contribution in [3.05, 3.63) is 77.8 Å². The Balaban J connectivity index is 1.58. The summed E-state index contributed by atoms with van der Waals surface area (Å²) in [5, 5.41) is 9.25. The number of nitrogens with one attached hydrogen (secondary N) is 1. The van der Waals surface area contributed by atoms with Crippen LogP contribution < -0.4 is 5.32 Å². The van der Waals surface area contributed by atoms with Gasteiger partial charge in [-0.25, -0.2) is 14.6 Å². The van der Waals surface area contributed by atoms with E-state index in [2.05, 4.69) is 32.5 Å². The first-order valence-electron chi connectivity index (χ1n) is 7.53. The molecule has 0 amide bonds. The van der Waals surface area contributed by atoms with Gasteiger partial charge in [0.2, 0.25) is 0 Å². The van der Waals surface area contributed by atoms with Gasteiger partial charge in [0, 0.05) is 29.3 Å². The molecule has 2 aromatic carbocycles. The average molecular weight is 336 g/mol. The molecule has 24 heavy (non-hydrogen) atoms. The summed E-state index contributed by atoms with van der Waals surface area (Å²) in [6.45, 7) is 0.657. The summed E-state index contributed by atoms with van der Waals surface area (Å²) in [5.74, 6) is 0.793. The maximum Gasteiger partial charge on any atom is 0.137 e. The largest absolute Gasteiger partial charge is 0.365 e. The first-order chi connectivity index (χ1) is 11.8. The van der Waals surface area contributed by atoms with Crippen molar-refractivity contribution < 1.29 is 0 Å². The van der Waals surface area contributed by atoms with Crippen molar-refractivity contribution in [2.75, 3.05) is 5.32 Å². The average Bonchev–Trinajstić information content (AvgIpc) is 3.14. The van der Waals surface area contributed by atoms with Gasteiger partial charge in [-0.2, -0.15) is 5.10 Å². The third-order valence-corrected chi connectivity index (χ3v) is 3.97. The quantitative estimate of drug-likeness (QED) is 0.610. The van der Waals surface area contributed by atoms with E-state index in [-0.39, 0.29) is 0 Å². The minimum absolute atomic E-state index is 0.657. The zero-order chi connectivity index (χ0) is 16.4. The first kappa shape index (κ1) is 14.7. The Bertz CT molecular complexity index is 982. The van der Waals surface area contributed by atoms with E-state index in [1.807, 2.05) is 47.3 Å². The standard InChI is InChI=1S/C18H14ClN5/c19-14-5-6-16-17(10-14)21-12-22-18(16)20-11-13-3-1-4-15(9-13)24-8-2-7-23-24/h1-10,12H,11H2,(H,20,21,22). The number of fused-ring (bicyclic) bond motifs is 1. The van der Waals surface area contributed by atoms with Gasteiger partial charge in [0.25, 0.3) is 0 Å². The Kier molecular flexibility index (Phi) is 3.84. The number of aromatic nitrogens is 4. The van der Waals surface area contributed by atoms with Crippen LogP contribution in [0.4, 0.5) is 5.82 Å². The van der Waals surface area contributed by atoms with Crippen LogP contribution in [0.3, 0.4) is 0 Å². The molecule has 2 heterocycles. The first-order valence-corrected chi connectivity index (χ1v) is 7.90. The van der Waals surface area contributed by atoms with Gasteiger partial charge >= 0.3 is 0 Å². The number of anilines is 1. The van der Waals surface area contributed by atoms with Crippen molar-refractivity contribution in [3.63, 3.8) is 0 Å². The zero-order valence-electron chi connectivity index (χ0n) is 12.7. The van der Waals surface area contributed by atoms with E-state index in [1.165, 1.54) is 0 Å². The molecule has 4 rings (SSSR count). The van der Waals surface area contributed by atoms with Gasteiger partial charge in [0.05, 0.1) is 11.2 Å². The molecule has 2 aromatic heterocycles. The van der Waals surface area contributed by atoms with Gasteiger partial charge in [-0.05, 0) is 42.0 Å². The van der Waals surface area contributed by atoms with Crippen molar-refractivity contribution in [3.8, 4) is 5.69 Å². The summed E-state index contributed by atoms with van der Waals surface area (Å²) in [5.41, 5.74) is 2.99. The number of nitrogens with zero attached hydrogens (tertiary/aromatic N) is 4. The van der Waals surface area contributed by atoms with Crippen molar-refractivity contribution in [2.24, 2.45) is 0 Å². The normalized spacial score (nSPS) is 10.9. The number of hydrogen-bond donors (Lipinski definition) is 1. The Hall–Kier alpha value is -2.92. The number of hydrogen-bond acceptors (Lipinski definition) is 4. The predicted octanol–water partition coefficient (Wildman–Crippen LogP) is 4.08. The molecule has 0 saturated heterocycles. The maximum atomic E-state index is 6.02. The van der Waals surface area contributed by atoms with Crippen LogP contribution in [0.15, 0.2) is 67.3 Å². The molecule has 0 saturated carbocycles. The van der Waals surface area contributed by atoms with Crippen LogP contribution in [0.5, 0.6) is 0 Å². The summed E-state index contributed by atoms with van der Waals surface area (Å²) in [6, 6.07) is 15.7. The highest BCUT2D eigenvalue weighted by atomic mass is 35.5. The third-order valence-electron chi connectivity index (χ3n) is 3.74. The van der Waals surface area contributed by atoms with E-state index in [1.54, 1.807) is 12.5 Å². The van der Waals surface area contributed by atoms with E-state index in [4.69, 9.17) is 11.6 Å². The minimum Gasteiger partial charge on any atom is -0.365 e. The third kappa shape index (κ3) is 2.94. The fourth-order valence-corrected chi connectivity index (χ4v) is 2.75. The highest BCUT2D eigenvalue weighted by molar-refractivity contribution is 6.31. The second-order valence-electron chi connectivity index (χ2n) is 5.36. The molecule has 1 N–H and O–H groups in total. The number of halogens is 1. The zero-order valence-corrected chi connectivity index (χ0v) is 13.5. The molecule has 0 bridgehead atoms. The molecule has 6 heteroatoms. The van der Waals surface area contributed by atoms with Crippen LogP contribution in [0.2, 0.25) is 5.02 Å². The lowest BCUT2D eigenvalue weighted by Crippen LogP contribution is -2.03. The van der Waals surface area contributed by atoms with Gasteiger partial charge in [-0.3, -0.25) is 0 Å². The molecule has 5 nitrogen and oxygen atoms in total. The van der Waals surface area contributed by atoms with Gasteiger partial charge in [0.15, 0.2) is 0 Å². The van der Waals surface area contributed by atoms with Crippen LogP contribution >= 0.6 is 11.6 Å². The molecule has 0 aliphatic rings. The monoisotopic (exact) mass is 335 g/mol. The van der Waals surface area contributed by atoms with E-state index < -0.39 is 0 Å². The predicted molar refractivity (Wildman–Crippen MR) is 95.4 cm³/mol. The lowest BCUT2D eigenvalue weighted by molar-refractivity contribution is 0.877. The molecule has 4 aromatic rings. The SMILES string of the molecule is Clc1ccc2c(NCc3cccc(-n4cccn4)c3)ncnc2c1. The Morgan fingerprint density at radius 3 is 2.88 bits per heavy atom. The second kappa shape index (κ2) is 6.29. The fourth-order valence-electron chi connectivity index (χ4n) is 2.59. The summed E-state index contributed by atoms with van der Waals surface area (Å²) in [6.07, 6.45) is 5.23. The van der Waals surface area contributed by atoms with Crippen molar-refractivity contribution in [2.45, 2.75) is 6.54 Å². The van der Waals surface area contributed by atoms with E-state index >= 15 is 0 Å². The fraction of sp³-hybridized carbons (Fsp3) is 0.0556. The van der Waals surface area contributed by atoms with Crippen molar-refractivity contribution in [1.82, 2.24) is 19.7 Å². The molecule has 0 fully saturated rings. The Labute approximate surface area is 143 Å². The molecular formula is C18H14ClN5. The molecule has 0 radical (unpaired) electrons. The van der Waals surface area contributed by atoms with E-state index in [0.717, 1.165) is 28.0 Å². The van der Waals surface area contributed by atoms with Gasteiger partial charge in [0.1, 0.15) is 12.1 Å². The molecule has 0 aliphatic heterocycles. The second-order valence-corrected chi connectivity index (χ2v) is 5.79. The van der Waals surface area contributed by atoms with Crippen molar-refractivity contribution in [1.29, 1.82) is 0 Å². The van der Waals surface area contributed by atoms with Gasteiger partial charge in [-0.1, -0.05) is 23.7 Å². The smallest absolute Gasteiger partial charge is 0.137 e. The van der Waals surface area contributed by atoms with Gasteiger partial charge < -0.3 is 5.32 Å². The van der Waals surface area contributed by atoms with E-state index in [0.29, 0.717) is 11.6 Å². The number of benzene rings is 2. The molecular weight excluding hydrogens is 322 g/mol. The highest BCUT2D eigenvalue weighted by Crippen LogP contribution is 2.23. The molecule has 0 unspecified atom stereocenters. The lowest BCUT2D eigenvalue weighted by atomic mass is 10.2. The van der Waals surface area contributed by atoms with E-state index in [9.17, 15) is 0 Å². The topological polar surface area (TPSA) is 55.6 Å². The lowest BCUT2D eigenvalue weighted by Gasteiger charge is -2.10. The summed E-state index contributed by atoms with van der Waals surface area (Å²) < 4.78 is 1.84. The summed E-state index contributed by atoms with van der Waals surface area (Å²) in [7, 11) is 0. The van der Waals surface area contributed by atoms with Gasteiger partial charge in [-0.15, -0.1) is 0 Å². The molecule has 0 atom stereocenters. The highest BCUT2D eigenvalue weighted by Gasteiger charge is 2.05. The Morgan fingerprint density at radius 1 is 1.04 bits per heavy atom. The number of rotatable bonds is 4. The Morgan fingerprint density at radius 2 is 2.00 bits per heavy atom. The molecule has 0 aliphatic carbocycles. The molecule has 118 valence electrons. The van der Waals surface area contributed by atoms with Crippen LogP contribution in [0.25, 0.3) is 16.6 Å². The molecule has 0 spiro atoms. The summed E-state index contributed by atoms with van der Waals surface area (Å²) in [4.78, 5) is 8.60. The van der Waals surface area contributed by atoms with Crippen LogP contribution in [0, 0.1) is 0 Å². The summed E-state index contributed by atoms with van der Waals surface area (Å²) >= 11 is 6.02. The van der Waals surface area contributed by atoms with Crippen LogP contribution in [0.1, 0.15) is 5.56 Å². The maximum absolute atomic E-state index is 6.02. The van der Waals surface area contributed by atoms with Crippen LogP contribution in [-0.2, 0) is 6.54 Å². The van der Waals surface area contributed by atoms with Crippen LogP contribution in [-0.4, -0.2) is 19.7 Å². The minimum atomic E-state index is 0.657. The van der Waals surface area contributed by atoms with Crippen molar-refractivity contribution >= 4 is 28.3 Å².